The molecule has 0 aliphatic rings. The van der Waals surface area contributed by atoms with Crippen LogP contribution in [0.3, 0.4) is 0 Å². The van der Waals surface area contributed by atoms with Crippen LogP contribution in [-0.2, 0) is 11.4 Å². The topological polar surface area (TPSA) is 58.6 Å². The van der Waals surface area contributed by atoms with Crippen molar-refractivity contribution >= 4 is 5.91 Å². The Labute approximate surface area is 114 Å². The second-order valence-corrected chi connectivity index (χ2v) is 4.40. The van der Waals surface area contributed by atoms with Gasteiger partial charge in [-0.05, 0) is 30.5 Å². The van der Waals surface area contributed by atoms with Crippen molar-refractivity contribution in [2.75, 3.05) is 13.2 Å². The van der Waals surface area contributed by atoms with Crippen molar-refractivity contribution in [2.24, 2.45) is 0 Å². The van der Waals surface area contributed by atoms with E-state index in [0.29, 0.717) is 22.4 Å². The lowest BCUT2D eigenvalue weighted by molar-refractivity contribution is -0.139. The Morgan fingerprint density at radius 3 is 2.30 bits per heavy atom. The molecule has 1 aromatic carbocycles. The summed E-state index contributed by atoms with van der Waals surface area (Å²) in [6, 6.07) is 3.38. The first-order valence-electron chi connectivity index (χ1n) is 5.90. The number of alkyl halides is 3. The first kappa shape index (κ1) is 16.3. The van der Waals surface area contributed by atoms with Gasteiger partial charge < -0.3 is 15.2 Å². The van der Waals surface area contributed by atoms with Gasteiger partial charge in [0.1, 0.15) is 12.3 Å². The van der Waals surface area contributed by atoms with E-state index >= 15 is 0 Å². The Bertz CT molecular complexity index is 463. The predicted molar refractivity (Wildman–Crippen MR) is 66.4 cm³/mol. The third-order valence-corrected chi connectivity index (χ3v) is 2.54. The maximum atomic E-state index is 11.9. The average molecular weight is 291 g/mol. The van der Waals surface area contributed by atoms with E-state index in [-0.39, 0.29) is 6.61 Å². The van der Waals surface area contributed by atoms with Gasteiger partial charge in [-0.2, -0.15) is 13.2 Å². The van der Waals surface area contributed by atoms with Crippen molar-refractivity contribution in [2.45, 2.75) is 26.6 Å². The van der Waals surface area contributed by atoms with Crippen LogP contribution in [0, 0.1) is 13.8 Å². The fourth-order valence-corrected chi connectivity index (χ4v) is 1.75. The van der Waals surface area contributed by atoms with Crippen LogP contribution in [0.25, 0.3) is 0 Å². The van der Waals surface area contributed by atoms with E-state index in [1.54, 1.807) is 31.3 Å². The first-order chi connectivity index (χ1) is 9.23. The molecule has 0 aliphatic carbocycles. The molecule has 0 saturated heterocycles. The van der Waals surface area contributed by atoms with E-state index in [1.165, 1.54) is 0 Å². The van der Waals surface area contributed by atoms with Gasteiger partial charge in [0.25, 0.3) is 5.91 Å². The van der Waals surface area contributed by atoms with Crippen molar-refractivity contribution in [1.29, 1.82) is 0 Å². The number of hydrogen-bond acceptors (Lipinski definition) is 3. The summed E-state index contributed by atoms with van der Waals surface area (Å²) in [7, 11) is 0. The number of aryl methyl sites for hydroxylation is 2. The minimum atomic E-state index is -4.44. The maximum Gasteiger partial charge on any atom is 0.405 e. The van der Waals surface area contributed by atoms with Gasteiger partial charge in [-0.25, -0.2) is 0 Å². The second kappa shape index (κ2) is 6.60. The Morgan fingerprint density at radius 1 is 1.30 bits per heavy atom. The summed E-state index contributed by atoms with van der Waals surface area (Å²) < 4.78 is 41.0. The van der Waals surface area contributed by atoms with Gasteiger partial charge in [-0.3, -0.25) is 4.79 Å². The van der Waals surface area contributed by atoms with E-state index in [0.717, 1.165) is 0 Å². The lowest BCUT2D eigenvalue weighted by Gasteiger charge is -2.14. The fourth-order valence-electron chi connectivity index (χ4n) is 1.75. The van der Waals surface area contributed by atoms with Crippen LogP contribution in [0.5, 0.6) is 5.75 Å². The van der Waals surface area contributed by atoms with Crippen LogP contribution in [0.2, 0.25) is 0 Å². The summed E-state index contributed by atoms with van der Waals surface area (Å²) in [5.74, 6) is -0.406. The van der Waals surface area contributed by atoms with Crippen molar-refractivity contribution in [3.05, 3.63) is 28.8 Å². The summed E-state index contributed by atoms with van der Waals surface area (Å²) >= 11 is 0. The molecule has 0 fully saturated rings. The van der Waals surface area contributed by atoms with Crippen molar-refractivity contribution in [3.63, 3.8) is 0 Å². The first-order valence-corrected chi connectivity index (χ1v) is 5.90. The third-order valence-electron chi connectivity index (χ3n) is 2.54. The van der Waals surface area contributed by atoms with Gasteiger partial charge in [0.2, 0.25) is 0 Å². The molecule has 112 valence electrons. The summed E-state index contributed by atoms with van der Waals surface area (Å²) in [5, 5.41) is 10.8. The molecular formula is C13H16F3NO3. The highest BCUT2D eigenvalue weighted by atomic mass is 19.4. The molecule has 0 aliphatic heterocycles. The number of nitrogens with one attached hydrogen (secondary N) is 1. The molecule has 0 unspecified atom stereocenters. The van der Waals surface area contributed by atoms with E-state index in [1.807, 2.05) is 0 Å². The molecule has 0 heterocycles. The SMILES string of the molecule is Cc1cc(CO)cc(C)c1OCC(=O)NCC(F)(F)F. The molecule has 0 aromatic heterocycles. The van der Waals surface area contributed by atoms with Crippen molar-refractivity contribution in [1.82, 2.24) is 5.32 Å². The second-order valence-electron chi connectivity index (χ2n) is 4.40. The summed E-state index contributed by atoms with van der Waals surface area (Å²) in [4.78, 5) is 11.2. The van der Waals surface area contributed by atoms with E-state index in [2.05, 4.69) is 0 Å². The number of hydrogen-bond donors (Lipinski definition) is 2. The number of rotatable bonds is 5. The predicted octanol–water partition coefficient (Wildman–Crippen LogP) is 1.85. The number of aliphatic hydroxyl groups is 1. The van der Waals surface area contributed by atoms with Crippen LogP contribution in [0.15, 0.2) is 12.1 Å². The van der Waals surface area contributed by atoms with Crippen molar-refractivity contribution < 1.29 is 27.8 Å². The molecule has 7 heteroatoms. The van der Waals surface area contributed by atoms with Gasteiger partial charge in [0.05, 0.1) is 6.61 Å². The van der Waals surface area contributed by atoms with E-state index in [4.69, 9.17) is 9.84 Å². The molecule has 1 amide bonds. The molecule has 20 heavy (non-hydrogen) atoms. The monoisotopic (exact) mass is 291 g/mol. The molecule has 0 radical (unpaired) electrons. The molecule has 1 aromatic rings. The maximum absolute atomic E-state index is 11.9. The number of aliphatic hydroxyl groups excluding tert-OH is 1. The summed E-state index contributed by atoms with van der Waals surface area (Å²) in [6.07, 6.45) is -4.44. The normalized spacial score (nSPS) is 11.3. The number of carbonyl (C=O) groups is 1. The van der Waals surface area contributed by atoms with Crippen LogP contribution >= 0.6 is 0 Å². The number of ether oxygens (including phenoxy) is 1. The van der Waals surface area contributed by atoms with Crippen LogP contribution in [-0.4, -0.2) is 30.3 Å². The van der Waals surface area contributed by atoms with Gasteiger partial charge in [0.15, 0.2) is 6.61 Å². The molecule has 4 nitrogen and oxygen atoms in total. The highest BCUT2D eigenvalue weighted by Gasteiger charge is 2.27. The van der Waals surface area contributed by atoms with E-state index in [9.17, 15) is 18.0 Å². The van der Waals surface area contributed by atoms with Gasteiger partial charge in [-0.1, -0.05) is 12.1 Å². The zero-order valence-corrected chi connectivity index (χ0v) is 11.2. The minimum Gasteiger partial charge on any atom is -0.483 e. The Morgan fingerprint density at radius 2 is 1.85 bits per heavy atom. The molecule has 2 N–H and O–H groups in total. The number of halogens is 3. The smallest absolute Gasteiger partial charge is 0.405 e. The van der Waals surface area contributed by atoms with Gasteiger partial charge >= 0.3 is 6.18 Å². The fraction of sp³-hybridized carbons (Fsp3) is 0.462. The molecule has 0 bridgehead atoms. The van der Waals surface area contributed by atoms with Gasteiger partial charge in [0, 0.05) is 0 Å². The zero-order chi connectivity index (χ0) is 15.3. The Hall–Kier alpha value is -1.76. The van der Waals surface area contributed by atoms with E-state index < -0.39 is 25.2 Å². The highest BCUT2D eigenvalue weighted by Crippen LogP contribution is 2.24. The Balaban J connectivity index is 2.60. The number of amides is 1. The molecule has 0 atom stereocenters. The summed E-state index contributed by atoms with van der Waals surface area (Å²) in [6.45, 7) is 1.48. The van der Waals surface area contributed by atoms with Crippen LogP contribution in [0.4, 0.5) is 13.2 Å². The molecule has 0 spiro atoms. The molecular weight excluding hydrogens is 275 g/mol. The van der Waals surface area contributed by atoms with Crippen LogP contribution < -0.4 is 10.1 Å². The molecule has 1 rings (SSSR count). The largest absolute Gasteiger partial charge is 0.483 e. The minimum absolute atomic E-state index is 0.117. The quantitative estimate of drug-likeness (QED) is 0.870. The molecule has 0 saturated carbocycles. The third kappa shape index (κ3) is 5.08. The average Bonchev–Trinajstić information content (AvgIpc) is 2.34. The number of benzene rings is 1. The van der Waals surface area contributed by atoms with Gasteiger partial charge in [-0.15, -0.1) is 0 Å². The van der Waals surface area contributed by atoms with Crippen molar-refractivity contribution in [3.8, 4) is 5.75 Å². The number of carbonyl (C=O) groups excluding carboxylic acids is 1. The lowest BCUT2D eigenvalue weighted by atomic mass is 10.1. The lowest BCUT2D eigenvalue weighted by Crippen LogP contribution is -2.36. The Kier molecular flexibility index (Phi) is 5.38. The summed E-state index contributed by atoms with van der Waals surface area (Å²) in [5.41, 5.74) is 2.12. The zero-order valence-electron chi connectivity index (χ0n) is 11.2. The highest BCUT2D eigenvalue weighted by molar-refractivity contribution is 5.77. The van der Waals surface area contributed by atoms with Crippen LogP contribution in [0.1, 0.15) is 16.7 Å². The standard InChI is InChI=1S/C13H16F3NO3/c1-8-3-10(5-18)4-9(2)12(8)20-6-11(19)17-7-13(14,15)16/h3-4,18H,5-7H2,1-2H3,(H,17,19).